The van der Waals surface area contributed by atoms with Crippen molar-refractivity contribution in [3.05, 3.63) is 23.2 Å². The molecule has 0 bridgehead atoms. The van der Waals surface area contributed by atoms with E-state index in [4.69, 9.17) is 11.6 Å². The van der Waals surface area contributed by atoms with Gasteiger partial charge in [-0.15, -0.1) is 0 Å². The highest BCUT2D eigenvalue weighted by Gasteiger charge is 2.21. The summed E-state index contributed by atoms with van der Waals surface area (Å²) in [5.74, 6) is 1.52. The van der Waals surface area contributed by atoms with Crippen LogP contribution in [0.3, 0.4) is 0 Å². The van der Waals surface area contributed by atoms with E-state index in [1.807, 2.05) is 0 Å². The Morgan fingerprint density at radius 1 is 1.21 bits per heavy atom. The van der Waals surface area contributed by atoms with Crippen LogP contribution >= 0.6 is 11.6 Å². The van der Waals surface area contributed by atoms with Gasteiger partial charge in [0.2, 0.25) is 0 Å². The van der Waals surface area contributed by atoms with E-state index in [0.717, 1.165) is 18.7 Å². The number of Topliss-reactive ketones (excluding diaryl/α,β-unsaturated/α-hetero) is 1. The molecular weight excluding hydrogens is 200 g/mol. The molecule has 14 heavy (non-hydrogen) atoms. The van der Waals surface area contributed by atoms with Gasteiger partial charge in [-0.2, -0.15) is 0 Å². The van der Waals surface area contributed by atoms with E-state index in [2.05, 4.69) is 9.97 Å². The van der Waals surface area contributed by atoms with E-state index in [9.17, 15) is 4.79 Å². The zero-order valence-corrected chi connectivity index (χ0v) is 8.50. The second kappa shape index (κ2) is 4.05. The molecule has 3 nitrogen and oxygen atoms in total. The summed E-state index contributed by atoms with van der Waals surface area (Å²) in [6, 6.07) is 0. The molecule has 0 saturated heterocycles. The molecule has 0 spiro atoms. The summed E-state index contributed by atoms with van der Waals surface area (Å²) in [7, 11) is 0. The van der Waals surface area contributed by atoms with Gasteiger partial charge in [0.25, 0.3) is 0 Å². The van der Waals surface area contributed by atoms with Gasteiger partial charge >= 0.3 is 0 Å². The van der Waals surface area contributed by atoms with Gasteiger partial charge in [-0.05, 0) is 12.8 Å². The van der Waals surface area contributed by atoms with Crippen molar-refractivity contribution in [2.45, 2.75) is 31.6 Å². The molecule has 1 saturated carbocycles. The summed E-state index contributed by atoms with van der Waals surface area (Å²) in [5.41, 5.74) is 0. The predicted octanol–water partition coefficient (Wildman–Crippen LogP) is 2.36. The fraction of sp³-hybridized carbons (Fsp3) is 0.500. The molecular formula is C10H11ClN2O. The number of halogens is 1. The van der Waals surface area contributed by atoms with Gasteiger partial charge in [0.15, 0.2) is 0 Å². The van der Waals surface area contributed by atoms with Crippen LogP contribution in [0.15, 0.2) is 12.4 Å². The van der Waals surface area contributed by atoms with Gasteiger partial charge < -0.3 is 0 Å². The molecule has 0 radical (unpaired) electrons. The van der Waals surface area contributed by atoms with Crippen molar-refractivity contribution < 1.29 is 4.79 Å². The third-order valence-electron chi connectivity index (χ3n) is 2.55. The van der Waals surface area contributed by atoms with Crippen LogP contribution in [-0.2, 0) is 4.79 Å². The largest absolute Gasteiger partial charge is 0.300 e. The Balaban J connectivity index is 2.08. The smallest absolute Gasteiger partial charge is 0.132 e. The van der Waals surface area contributed by atoms with Gasteiger partial charge in [0.1, 0.15) is 11.6 Å². The first-order valence-electron chi connectivity index (χ1n) is 4.75. The molecule has 0 atom stereocenters. The van der Waals surface area contributed by atoms with Crippen LogP contribution in [0.5, 0.6) is 0 Å². The van der Waals surface area contributed by atoms with Gasteiger partial charge in [-0.3, -0.25) is 4.79 Å². The fourth-order valence-electron chi connectivity index (χ4n) is 1.73. The quantitative estimate of drug-likeness (QED) is 0.715. The lowest BCUT2D eigenvalue weighted by atomic mass is 9.88. The first-order chi connectivity index (χ1) is 6.75. The van der Waals surface area contributed by atoms with Crippen LogP contribution in [-0.4, -0.2) is 15.8 Å². The van der Waals surface area contributed by atoms with Gasteiger partial charge in [0, 0.05) is 31.2 Å². The van der Waals surface area contributed by atoms with Crippen LogP contribution in [0.2, 0.25) is 5.02 Å². The predicted molar refractivity (Wildman–Crippen MR) is 53.3 cm³/mol. The van der Waals surface area contributed by atoms with Crippen molar-refractivity contribution in [3.8, 4) is 0 Å². The highest BCUT2D eigenvalue weighted by Crippen LogP contribution is 2.28. The minimum Gasteiger partial charge on any atom is -0.300 e. The normalized spacial score (nSPS) is 18.5. The summed E-state index contributed by atoms with van der Waals surface area (Å²) in [6.07, 6.45) is 6.30. The zero-order chi connectivity index (χ0) is 9.97. The summed E-state index contributed by atoms with van der Waals surface area (Å²) >= 11 is 5.69. The summed E-state index contributed by atoms with van der Waals surface area (Å²) in [5, 5.41) is 0.556. The molecule has 0 amide bonds. The van der Waals surface area contributed by atoms with Crippen molar-refractivity contribution in [2.24, 2.45) is 0 Å². The Bertz CT molecular complexity index is 326. The fourth-order valence-corrected chi connectivity index (χ4v) is 1.83. The van der Waals surface area contributed by atoms with Crippen LogP contribution < -0.4 is 0 Å². The molecule has 0 unspecified atom stereocenters. The molecule has 0 aromatic carbocycles. The lowest BCUT2D eigenvalue weighted by Crippen LogP contribution is -2.14. The molecule has 4 heteroatoms. The van der Waals surface area contributed by atoms with Gasteiger partial charge in [-0.1, -0.05) is 11.6 Å². The Morgan fingerprint density at radius 3 is 2.36 bits per heavy atom. The molecule has 1 heterocycles. The third kappa shape index (κ3) is 2.10. The SMILES string of the molecule is O=C1CCC(c2ncc(Cl)cn2)CC1. The number of nitrogens with zero attached hydrogens (tertiary/aromatic N) is 2. The van der Waals surface area contributed by atoms with Crippen LogP contribution in [0.4, 0.5) is 0 Å². The van der Waals surface area contributed by atoms with Crippen molar-refractivity contribution in [1.82, 2.24) is 9.97 Å². The van der Waals surface area contributed by atoms with Gasteiger partial charge in [-0.25, -0.2) is 9.97 Å². The van der Waals surface area contributed by atoms with E-state index in [1.54, 1.807) is 12.4 Å². The Labute approximate surface area is 87.5 Å². The molecule has 74 valence electrons. The molecule has 2 rings (SSSR count). The number of hydrogen-bond acceptors (Lipinski definition) is 3. The van der Waals surface area contributed by atoms with E-state index < -0.39 is 0 Å². The average Bonchev–Trinajstić information content (AvgIpc) is 2.21. The van der Waals surface area contributed by atoms with Crippen molar-refractivity contribution in [2.75, 3.05) is 0 Å². The maximum atomic E-state index is 11.0. The molecule has 1 aliphatic carbocycles. The summed E-state index contributed by atoms with van der Waals surface area (Å²) in [6.45, 7) is 0. The minimum atomic E-state index is 0.338. The zero-order valence-electron chi connectivity index (χ0n) is 7.74. The number of aromatic nitrogens is 2. The van der Waals surface area contributed by atoms with E-state index in [0.29, 0.717) is 29.6 Å². The van der Waals surface area contributed by atoms with E-state index >= 15 is 0 Å². The first kappa shape index (κ1) is 9.59. The lowest BCUT2D eigenvalue weighted by Gasteiger charge is -2.18. The van der Waals surface area contributed by atoms with Crippen LogP contribution in [0.25, 0.3) is 0 Å². The summed E-state index contributed by atoms with van der Waals surface area (Å²) in [4.78, 5) is 19.4. The third-order valence-corrected chi connectivity index (χ3v) is 2.74. The van der Waals surface area contributed by atoms with Gasteiger partial charge in [0.05, 0.1) is 5.02 Å². The highest BCUT2D eigenvalue weighted by molar-refractivity contribution is 6.30. The second-order valence-corrected chi connectivity index (χ2v) is 4.01. The van der Waals surface area contributed by atoms with Crippen LogP contribution in [0.1, 0.15) is 37.4 Å². The van der Waals surface area contributed by atoms with E-state index in [-0.39, 0.29) is 0 Å². The lowest BCUT2D eigenvalue weighted by molar-refractivity contribution is -0.120. The number of carbonyl (C=O) groups is 1. The maximum absolute atomic E-state index is 11.0. The molecule has 0 N–H and O–H groups in total. The maximum Gasteiger partial charge on any atom is 0.132 e. The minimum absolute atomic E-state index is 0.338. The molecule has 0 aliphatic heterocycles. The number of rotatable bonds is 1. The van der Waals surface area contributed by atoms with Crippen molar-refractivity contribution in [1.29, 1.82) is 0 Å². The summed E-state index contributed by atoms with van der Waals surface area (Å²) < 4.78 is 0. The topological polar surface area (TPSA) is 42.9 Å². The Morgan fingerprint density at radius 2 is 1.79 bits per heavy atom. The highest BCUT2D eigenvalue weighted by atomic mass is 35.5. The second-order valence-electron chi connectivity index (χ2n) is 3.57. The van der Waals surface area contributed by atoms with Crippen LogP contribution in [0, 0.1) is 0 Å². The first-order valence-corrected chi connectivity index (χ1v) is 5.12. The number of hydrogen-bond donors (Lipinski definition) is 0. The van der Waals surface area contributed by atoms with Crippen molar-refractivity contribution >= 4 is 17.4 Å². The molecule has 1 aromatic heterocycles. The molecule has 1 fully saturated rings. The monoisotopic (exact) mass is 210 g/mol. The Kier molecular flexibility index (Phi) is 2.77. The average molecular weight is 211 g/mol. The molecule has 1 aliphatic rings. The Hall–Kier alpha value is -0.960. The standard InChI is InChI=1S/C10H11ClN2O/c11-8-5-12-10(13-6-8)7-1-3-9(14)4-2-7/h5-7H,1-4H2. The number of ketones is 1. The molecule has 1 aromatic rings. The van der Waals surface area contributed by atoms with Crippen molar-refractivity contribution in [3.63, 3.8) is 0 Å². The number of carbonyl (C=O) groups excluding carboxylic acids is 1. The van der Waals surface area contributed by atoms with E-state index in [1.165, 1.54) is 0 Å².